The fraction of sp³-hybridized carbons (Fsp3) is 0.143. The van der Waals surface area contributed by atoms with Gasteiger partial charge in [0.2, 0.25) is 0 Å². The van der Waals surface area contributed by atoms with Crippen LogP contribution in [0.5, 0.6) is 0 Å². The Morgan fingerprint density at radius 2 is 1.93 bits per heavy atom. The molecule has 0 heterocycles. The Morgan fingerprint density at radius 1 is 1.17 bits per heavy atom. The Labute approximate surface area is 174 Å². The van der Waals surface area contributed by atoms with E-state index < -0.39 is 29.7 Å². The van der Waals surface area contributed by atoms with Crippen LogP contribution in [0.2, 0.25) is 5.02 Å². The first-order valence-corrected chi connectivity index (χ1v) is 9.23. The molecule has 0 bridgehead atoms. The average molecular weight is 437 g/mol. The van der Waals surface area contributed by atoms with Crippen molar-refractivity contribution >= 4 is 29.2 Å². The number of alkyl halides is 2. The maximum Gasteiger partial charge on any atom is 0.335 e. The minimum absolute atomic E-state index is 0.000637. The molecular weight excluding hydrogens is 421 g/mol. The smallest absolute Gasteiger partial charge is 0.335 e. The highest BCUT2D eigenvalue weighted by molar-refractivity contribution is 6.34. The van der Waals surface area contributed by atoms with E-state index in [0.717, 1.165) is 12.1 Å². The maximum atomic E-state index is 14.3. The highest BCUT2D eigenvalue weighted by atomic mass is 35.5. The topological polar surface area (TPSA) is 78.4 Å². The lowest BCUT2D eigenvalue weighted by atomic mass is 10.0. The molecule has 5 nitrogen and oxygen atoms in total. The number of carboxylic acid groups (broad SMARTS) is 1. The standard InChI is InChI=1S/C21H16ClF3N2O3/c22-13-5-3-4-12(19(24)25)18(13)20(28)27-17-7-2-1-6-16(17)26-15-9-8-11(21(29)30)10-14(15)23/h1,3-6,8-10,19,26H,2,7H2,(H,27,28)(H,29,30). The Balaban J connectivity index is 1.90. The van der Waals surface area contributed by atoms with E-state index in [9.17, 15) is 22.8 Å². The van der Waals surface area contributed by atoms with Gasteiger partial charge in [0.15, 0.2) is 0 Å². The van der Waals surface area contributed by atoms with E-state index in [1.165, 1.54) is 24.3 Å². The lowest BCUT2D eigenvalue weighted by Crippen LogP contribution is -2.27. The van der Waals surface area contributed by atoms with E-state index in [2.05, 4.69) is 10.6 Å². The molecule has 0 fully saturated rings. The van der Waals surface area contributed by atoms with E-state index in [1.807, 2.05) is 0 Å². The number of benzene rings is 2. The molecule has 3 N–H and O–H groups in total. The van der Waals surface area contributed by atoms with E-state index >= 15 is 0 Å². The largest absolute Gasteiger partial charge is 0.478 e. The molecule has 0 saturated heterocycles. The molecule has 0 radical (unpaired) electrons. The molecule has 2 aromatic rings. The third-order valence-corrected chi connectivity index (χ3v) is 4.74. The van der Waals surface area contributed by atoms with Crippen LogP contribution in [0.15, 0.2) is 59.9 Å². The number of carboxylic acids is 1. The van der Waals surface area contributed by atoms with Gasteiger partial charge < -0.3 is 15.7 Å². The number of amides is 1. The SMILES string of the molecule is O=C(O)c1ccc(NC2=C(NC(=O)c3c(Cl)cccc3C(F)F)CCC=C2)c(F)c1. The normalized spacial score (nSPS) is 13.5. The summed E-state index contributed by atoms with van der Waals surface area (Å²) in [5.74, 6) is -2.86. The predicted molar refractivity (Wildman–Crippen MR) is 106 cm³/mol. The number of anilines is 1. The van der Waals surface area contributed by atoms with Gasteiger partial charge in [-0.2, -0.15) is 0 Å². The van der Waals surface area contributed by atoms with E-state index in [4.69, 9.17) is 16.7 Å². The fourth-order valence-electron chi connectivity index (χ4n) is 2.97. The molecule has 1 amide bonds. The molecule has 0 aromatic heterocycles. The number of aromatic carboxylic acids is 1. The average Bonchev–Trinajstić information content (AvgIpc) is 2.70. The first-order chi connectivity index (χ1) is 14.3. The summed E-state index contributed by atoms with van der Waals surface area (Å²) in [5.41, 5.74) is -0.312. The van der Waals surface area contributed by atoms with Gasteiger partial charge in [0.05, 0.1) is 27.5 Å². The van der Waals surface area contributed by atoms with Gasteiger partial charge in [-0.15, -0.1) is 0 Å². The third kappa shape index (κ3) is 4.65. The summed E-state index contributed by atoms with van der Waals surface area (Å²) in [4.78, 5) is 23.6. The molecule has 1 aliphatic carbocycles. The molecule has 0 spiro atoms. The second kappa shape index (κ2) is 9.04. The van der Waals surface area contributed by atoms with Gasteiger partial charge >= 0.3 is 5.97 Å². The molecule has 0 unspecified atom stereocenters. The van der Waals surface area contributed by atoms with Crippen molar-refractivity contribution in [3.05, 3.63) is 87.5 Å². The van der Waals surface area contributed by atoms with Gasteiger partial charge in [-0.05, 0) is 43.2 Å². The summed E-state index contributed by atoms with van der Waals surface area (Å²) in [6, 6.07) is 7.16. The number of carbonyl (C=O) groups is 2. The zero-order valence-corrected chi connectivity index (χ0v) is 16.1. The van der Waals surface area contributed by atoms with Crippen molar-refractivity contribution in [2.24, 2.45) is 0 Å². The van der Waals surface area contributed by atoms with Crippen molar-refractivity contribution < 1.29 is 27.9 Å². The summed E-state index contributed by atoms with van der Waals surface area (Å²) >= 11 is 5.98. The highest BCUT2D eigenvalue weighted by Crippen LogP contribution is 2.29. The number of carbonyl (C=O) groups excluding carboxylic acids is 1. The van der Waals surface area contributed by atoms with Crippen LogP contribution in [0, 0.1) is 5.82 Å². The number of hydrogen-bond acceptors (Lipinski definition) is 3. The lowest BCUT2D eigenvalue weighted by Gasteiger charge is -2.20. The molecule has 9 heteroatoms. The van der Waals surface area contributed by atoms with Gasteiger partial charge in [-0.3, -0.25) is 4.79 Å². The number of nitrogens with one attached hydrogen (secondary N) is 2. The zero-order valence-electron chi connectivity index (χ0n) is 15.4. The van der Waals surface area contributed by atoms with Crippen LogP contribution >= 0.6 is 11.6 Å². The summed E-state index contributed by atoms with van der Waals surface area (Å²) in [6.45, 7) is 0. The summed E-state index contributed by atoms with van der Waals surface area (Å²) < 4.78 is 40.8. The minimum atomic E-state index is -2.89. The van der Waals surface area contributed by atoms with Crippen molar-refractivity contribution in [1.29, 1.82) is 0 Å². The second-order valence-electron chi connectivity index (χ2n) is 6.42. The molecule has 0 saturated carbocycles. The quantitative estimate of drug-likeness (QED) is 0.557. The van der Waals surface area contributed by atoms with Crippen LogP contribution in [-0.4, -0.2) is 17.0 Å². The number of allylic oxidation sites excluding steroid dienone is 3. The fourth-order valence-corrected chi connectivity index (χ4v) is 3.24. The van der Waals surface area contributed by atoms with Gasteiger partial charge in [0, 0.05) is 11.3 Å². The first-order valence-electron chi connectivity index (χ1n) is 8.85. The molecule has 30 heavy (non-hydrogen) atoms. The van der Waals surface area contributed by atoms with E-state index in [1.54, 1.807) is 12.2 Å². The summed E-state index contributed by atoms with van der Waals surface area (Å²) in [5, 5.41) is 14.2. The first kappa shape index (κ1) is 21.4. The summed E-state index contributed by atoms with van der Waals surface area (Å²) in [6.07, 6.45) is 1.47. The highest BCUT2D eigenvalue weighted by Gasteiger charge is 2.23. The zero-order chi connectivity index (χ0) is 21.8. The molecule has 1 aliphatic rings. The Morgan fingerprint density at radius 3 is 2.60 bits per heavy atom. The Bertz CT molecular complexity index is 1070. The maximum absolute atomic E-state index is 14.3. The lowest BCUT2D eigenvalue weighted by molar-refractivity contribution is 0.0696. The van der Waals surface area contributed by atoms with Crippen molar-refractivity contribution in [3.8, 4) is 0 Å². The Hall–Kier alpha value is -3.26. The molecule has 156 valence electrons. The van der Waals surface area contributed by atoms with Crippen molar-refractivity contribution in [2.75, 3.05) is 5.32 Å². The number of hydrogen-bond donors (Lipinski definition) is 3. The van der Waals surface area contributed by atoms with Gasteiger partial charge in [-0.25, -0.2) is 18.0 Å². The van der Waals surface area contributed by atoms with E-state index in [0.29, 0.717) is 24.2 Å². The molecule has 0 aliphatic heterocycles. The monoisotopic (exact) mass is 436 g/mol. The van der Waals surface area contributed by atoms with Crippen LogP contribution in [0.25, 0.3) is 0 Å². The number of rotatable bonds is 6. The van der Waals surface area contributed by atoms with Gasteiger partial charge in [0.1, 0.15) is 5.82 Å². The van der Waals surface area contributed by atoms with Crippen molar-refractivity contribution in [3.63, 3.8) is 0 Å². The number of halogens is 4. The van der Waals surface area contributed by atoms with Crippen LogP contribution in [0.1, 0.15) is 45.5 Å². The third-order valence-electron chi connectivity index (χ3n) is 4.43. The van der Waals surface area contributed by atoms with Crippen LogP contribution in [-0.2, 0) is 0 Å². The van der Waals surface area contributed by atoms with Crippen molar-refractivity contribution in [2.45, 2.75) is 19.3 Å². The molecular formula is C21H16ClF3N2O3. The second-order valence-corrected chi connectivity index (χ2v) is 6.82. The van der Waals surface area contributed by atoms with Crippen LogP contribution < -0.4 is 10.6 Å². The molecule has 3 rings (SSSR count). The molecule has 2 aromatic carbocycles. The molecule has 0 atom stereocenters. The van der Waals surface area contributed by atoms with Crippen LogP contribution in [0.3, 0.4) is 0 Å². The van der Waals surface area contributed by atoms with Gasteiger partial charge in [-0.1, -0.05) is 29.8 Å². The minimum Gasteiger partial charge on any atom is -0.478 e. The summed E-state index contributed by atoms with van der Waals surface area (Å²) in [7, 11) is 0. The van der Waals surface area contributed by atoms with Gasteiger partial charge in [0.25, 0.3) is 12.3 Å². The van der Waals surface area contributed by atoms with E-state index in [-0.39, 0.29) is 21.8 Å². The Kier molecular flexibility index (Phi) is 6.47. The van der Waals surface area contributed by atoms with Crippen LogP contribution in [0.4, 0.5) is 18.9 Å². The predicted octanol–water partition coefficient (Wildman–Crippen LogP) is 5.52. The van der Waals surface area contributed by atoms with Crippen molar-refractivity contribution in [1.82, 2.24) is 5.32 Å².